The van der Waals surface area contributed by atoms with Gasteiger partial charge in [-0.3, -0.25) is 0 Å². The maximum absolute atomic E-state index is 11.0. The normalized spacial score (nSPS) is 12.7. The summed E-state index contributed by atoms with van der Waals surface area (Å²) in [6.07, 6.45) is 1.07. The molecule has 0 saturated carbocycles. The first-order valence-electron chi connectivity index (χ1n) is 5.46. The molecule has 0 heterocycles. The van der Waals surface area contributed by atoms with Crippen LogP contribution < -0.4 is 4.83 Å². The summed E-state index contributed by atoms with van der Waals surface area (Å²) < 4.78 is 21.9. The predicted molar refractivity (Wildman–Crippen MR) is 74.1 cm³/mol. The van der Waals surface area contributed by atoms with Crippen LogP contribution >= 0.6 is 0 Å². The highest BCUT2D eigenvalue weighted by Crippen LogP contribution is 2.16. The molecule has 2 rings (SSSR count). The van der Waals surface area contributed by atoms with Gasteiger partial charge in [0.15, 0.2) is 0 Å². The molecule has 5 heteroatoms. The molecule has 2 aromatic carbocycles. The number of hydrazone groups is 1. The van der Waals surface area contributed by atoms with E-state index in [1.54, 1.807) is 6.92 Å². The van der Waals surface area contributed by atoms with Gasteiger partial charge in [-0.1, -0.05) is 36.4 Å². The zero-order valence-electron chi connectivity index (χ0n) is 10.2. The minimum Gasteiger partial charge on any atom is -0.206 e. The topological polar surface area (TPSA) is 58.5 Å². The number of fused-ring (bicyclic) bond motifs is 1. The summed E-state index contributed by atoms with van der Waals surface area (Å²) in [5.41, 5.74) is 1.52. The van der Waals surface area contributed by atoms with Gasteiger partial charge in [-0.05, 0) is 29.3 Å². The number of hydrogen-bond acceptors (Lipinski definition) is 3. The maximum atomic E-state index is 11.0. The van der Waals surface area contributed by atoms with Gasteiger partial charge in [-0.25, -0.2) is 13.2 Å². The largest absolute Gasteiger partial charge is 0.244 e. The molecule has 0 aliphatic rings. The van der Waals surface area contributed by atoms with E-state index < -0.39 is 10.0 Å². The lowest BCUT2D eigenvalue weighted by Crippen LogP contribution is -2.17. The molecule has 94 valence electrons. The summed E-state index contributed by atoms with van der Waals surface area (Å²) >= 11 is 0. The van der Waals surface area contributed by atoms with Crippen LogP contribution in [0.15, 0.2) is 47.6 Å². The lowest BCUT2D eigenvalue weighted by molar-refractivity contribution is 0.590. The van der Waals surface area contributed by atoms with Gasteiger partial charge in [0.2, 0.25) is 10.0 Å². The van der Waals surface area contributed by atoms with Crippen molar-refractivity contribution in [1.82, 2.24) is 4.83 Å². The van der Waals surface area contributed by atoms with Crippen LogP contribution in [0.25, 0.3) is 10.8 Å². The molecule has 0 aliphatic carbocycles. The van der Waals surface area contributed by atoms with Gasteiger partial charge in [0.05, 0.1) is 12.0 Å². The third-order valence-electron chi connectivity index (χ3n) is 2.55. The highest BCUT2D eigenvalue weighted by Gasteiger charge is 2.01. The summed E-state index contributed by atoms with van der Waals surface area (Å²) in [4.78, 5) is 2.13. The molecule has 4 nitrogen and oxygen atoms in total. The molecule has 0 aliphatic heterocycles. The Bertz CT molecular complexity index is 706. The van der Waals surface area contributed by atoms with Gasteiger partial charge >= 0.3 is 0 Å². The Hall–Kier alpha value is -1.88. The highest BCUT2D eigenvalue weighted by atomic mass is 32.2. The van der Waals surface area contributed by atoms with E-state index in [1.807, 2.05) is 42.5 Å². The minimum absolute atomic E-state index is 0.631. The van der Waals surface area contributed by atoms with Crippen molar-refractivity contribution in [2.45, 2.75) is 6.92 Å². The van der Waals surface area contributed by atoms with Crippen LogP contribution in [0, 0.1) is 0 Å². The van der Waals surface area contributed by atoms with Crippen molar-refractivity contribution in [3.05, 3.63) is 48.0 Å². The van der Waals surface area contributed by atoms with Crippen LogP contribution in [0.1, 0.15) is 12.5 Å². The average Bonchev–Trinajstić information content (AvgIpc) is 2.34. The fourth-order valence-corrected chi connectivity index (χ4v) is 1.93. The van der Waals surface area contributed by atoms with Gasteiger partial charge in [0.25, 0.3) is 0 Å². The van der Waals surface area contributed by atoms with Gasteiger partial charge in [0.1, 0.15) is 0 Å². The van der Waals surface area contributed by atoms with Gasteiger partial charge in [-0.2, -0.15) is 5.10 Å². The molecule has 0 atom stereocenters. The Balaban J connectivity index is 2.36. The number of nitrogens with one attached hydrogen (secondary N) is 1. The van der Waals surface area contributed by atoms with Crippen molar-refractivity contribution in [3.63, 3.8) is 0 Å². The second-order valence-electron chi connectivity index (χ2n) is 4.12. The van der Waals surface area contributed by atoms with Crippen LogP contribution in [0.4, 0.5) is 0 Å². The van der Waals surface area contributed by atoms with Crippen molar-refractivity contribution >= 4 is 26.5 Å². The van der Waals surface area contributed by atoms with Crippen LogP contribution in [0.2, 0.25) is 0 Å². The van der Waals surface area contributed by atoms with E-state index in [2.05, 4.69) is 9.93 Å². The van der Waals surface area contributed by atoms with E-state index in [4.69, 9.17) is 0 Å². The number of hydrogen-bond donors (Lipinski definition) is 1. The third-order valence-corrected chi connectivity index (χ3v) is 2.97. The fourth-order valence-electron chi connectivity index (χ4n) is 1.63. The van der Waals surface area contributed by atoms with Gasteiger partial charge in [-0.15, -0.1) is 0 Å². The molecule has 0 unspecified atom stereocenters. The Morgan fingerprint density at radius 1 is 1.11 bits per heavy atom. The smallest absolute Gasteiger partial charge is 0.206 e. The fraction of sp³-hybridized carbons (Fsp3) is 0.154. The average molecular weight is 262 g/mol. The Kier molecular flexibility index (Phi) is 3.34. The quantitative estimate of drug-likeness (QED) is 0.680. The molecule has 0 saturated heterocycles. The summed E-state index contributed by atoms with van der Waals surface area (Å²) in [5.74, 6) is 0. The Morgan fingerprint density at radius 3 is 2.44 bits per heavy atom. The van der Waals surface area contributed by atoms with E-state index in [1.165, 1.54) is 0 Å². The molecule has 0 amide bonds. The zero-order valence-corrected chi connectivity index (χ0v) is 11.0. The first kappa shape index (κ1) is 12.6. The predicted octanol–water partition coefficient (Wildman–Crippen LogP) is 2.11. The van der Waals surface area contributed by atoms with Crippen molar-refractivity contribution in [3.8, 4) is 0 Å². The summed E-state index contributed by atoms with van der Waals surface area (Å²) in [6.45, 7) is 1.77. The van der Waals surface area contributed by atoms with E-state index in [0.29, 0.717) is 5.71 Å². The van der Waals surface area contributed by atoms with Crippen molar-refractivity contribution in [1.29, 1.82) is 0 Å². The van der Waals surface area contributed by atoms with E-state index in [0.717, 1.165) is 22.6 Å². The zero-order chi connectivity index (χ0) is 13.2. The molecule has 18 heavy (non-hydrogen) atoms. The van der Waals surface area contributed by atoms with Crippen LogP contribution in [-0.4, -0.2) is 20.4 Å². The summed E-state index contributed by atoms with van der Waals surface area (Å²) in [7, 11) is -3.31. The van der Waals surface area contributed by atoms with Crippen molar-refractivity contribution in [2.24, 2.45) is 5.10 Å². The van der Waals surface area contributed by atoms with Gasteiger partial charge < -0.3 is 0 Å². The number of nitrogens with zero attached hydrogens (tertiary/aromatic N) is 1. The molecule has 0 aromatic heterocycles. The maximum Gasteiger partial charge on any atom is 0.244 e. The molecule has 0 bridgehead atoms. The molecule has 1 N–H and O–H groups in total. The highest BCUT2D eigenvalue weighted by molar-refractivity contribution is 7.88. The lowest BCUT2D eigenvalue weighted by atomic mass is 10.0. The third kappa shape index (κ3) is 3.07. The minimum atomic E-state index is -3.31. The molecular formula is C13H14N2O2S. The SMILES string of the molecule is C/C(=N\NS(C)(=O)=O)c1ccc2ccccc2c1. The molecule has 0 spiro atoms. The summed E-state index contributed by atoms with van der Waals surface area (Å²) in [5, 5.41) is 6.10. The molecule has 0 fully saturated rings. The van der Waals surface area contributed by atoms with Crippen LogP contribution in [0.5, 0.6) is 0 Å². The number of benzene rings is 2. The van der Waals surface area contributed by atoms with Crippen molar-refractivity contribution in [2.75, 3.05) is 6.26 Å². The van der Waals surface area contributed by atoms with E-state index in [-0.39, 0.29) is 0 Å². The second-order valence-corrected chi connectivity index (χ2v) is 5.85. The monoisotopic (exact) mass is 262 g/mol. The molecule has 0 radical (unpaired) electrons. The van der Waals surface area contributed by atoms with Crippen LogP contribution in [0.3, 0.4) is 0 Å². The summed E-state index contributed by atoms with van der Waals surface area (Å²) in [6, 6.07) is 13.9. The second kappa shape index (κ2) is 4.78. The molecule has 2 aromatic rings. The molecular weight excluding hydrogens is 248 g/mol. The standard InChI is InChI=1S/C13H14N2O2S/c1-10(14-15-18(2,16)17)12-8-7-11-5-3-4-6-13(11)9-12/h3-9,15H,1-2H3/b14-10+. The van der Waals surface area contributed by atoms with Crippen molar-refractivity contribution < 1.29 is 8.42 Å². The van der Waals surface area contributed by atoms with E-state index in [9.17, 15) is 8.42 Å². The lowest BCUT2D eigenvalue weighted by Gasteiger charge is -2.04. The number of sulfonamides is 1. The van der Waals surface area contributed by atoms with Gasteiger partial charge in [0, 0.05) is 0 Å². The first-order valence-corrected chi connectivity index (χ1v) is 7.35. The Labute approximate surface area is 106 Å². The Morgan fingerprint density at radius 2 is 1.78 bits per heavy atom. The van der Waals surface area contributed by atoms with Crippen LogP contribution in [-0.2, 0) is 10.0 Å². The number of rotatable bonds is 3. The first-order chi connectivity index (χ1) is 8.46. The van der Waals surface area contributed by atoms with E-state index >= 15 is 0 Å².